The number of carbonyl (C=O) groups excluding carboxylic acids is 2. The van der Waals surface area contributed by atoms with E-state index in [1.807, 2.05) is 26.8 Å². The number of aliphatic carboxylic acids is 1. The molecule has 6 aliphatic rings. The first-order valence-corrected chi connectivity index (χ1v) is 16.5. The maximum absolute atomic E-state index is 14.8. The van der Waals surface area contributed by atoms with Gasteiger partial charge in [-0.25, -0.2) is 4.79 Å². The SMILES string of the molecule is CC(C)=CCCC(C)=CCc1c(O)c2c(c3c1O[C@@H](C(C)(C)O)C3)O[C@]13C(=C[C@@H]4C[C@H]1C(C)(C)O[C@@]3(CC=C(C)C(=O)O)C4=O)C2=O. The summed E-state index contributed by atoms with van der Waals surface area (Å²) in [4.78, 5) is 40.8. The summed E-state index contributed by atoms with van der Waals surface area (Å²) >= 11 is 0. The monoisotopic (exact) mass is 646 g/mol. The molecule has 0 radical (unpaired) electrons. The van der Waals surface area contributed by atoms with E-state index in [1.165, 1.54) is 18.6 Å². The van der Waals surface area contributed by atoms with Crippen molar-refractivity contribution in [2.24, 2.45) is 11.8 Å². The molecule has 3 aliphatic heterocycles. The summed E-state index contributed by atoms with van der Waals surface area (Å²) in [6.45, 7) is 14.7. The fourth-order valence-corrected chi connectivity index (χ4v) is 8.38. The van der Waals surface area contributed by atoms with Crippen LogP contribution in [0.2, 0.25) is 0 Å². The molecule has 9 nitrogen and oxygen atoms in total. The van der Waals surface area contributed by atoms with Crippen LogP contribution in [0.4, 0.5) is 0 Å². The average molecular weight is 647 g/mol. The quantitative estimate of drug-likeness (QED) is 0.214. The molecule has 0 amide bonds. The Labute approximate surface area is 276 Å². The second kappa shape index (κ2) is 10.9. The third-order valence-electron chi connectivity index (χ3n) is 10.9. The van der Waals surface area contributed by atoms with Crippen LogP contribution < -0.4 is 9.47 Å². The molecule has 4 bridgehead atoms. The number of aromatic hydroxyl groups is 1. The molecular weight excluding hydrogens is 600 g/mol. The number of phenols is 1. The predicted molar refractivity (Wildman–Crippen MR) is 175 cm³/mol. The van der Waals surface area contributed by atoms with Crippen LogP contribution in [0.15, 0.2) is 46.6 Å². The summed E-state index contributed by atoms with van der Waals surface area (Å²) in [6.07, 6.45) is 9.25. The Morgan fingerprint density at radius 2 is 1.79 bits per heavy atom. The molecule has 9 heteroatoms. The minimum atomic E-state index is -1.65. The molecule has 0 unspecified atom stereocenters. The van der Waals surface area contributed by atoms with Crippen molar-refractivity contribution in [3.05, 3.63) is 63.3 Å². The van der Waals surface area contributed by atoms with Gasteiger partial charge >= 0.3 is 5.97 Å². The van der Waals surface area contributed by atoms with Gasteiger partial charge in [0.2, 0.25) is 0 Å². The van der Waals surface area contributed by atoms with Crippen LogP contribution in [0.3, 0.4) is 0 Å². The number of rotatable bonds is 9. The van der Waals surface area contributed by atoms with Crippen LogP contribution in [0.25, 0.3) is 0 Å². The summed E-state index contributed by atoms with van der Waals surface area (Å²) in [5.41, 5.74) is -1.61. The number of aliphatic hydroxyl groups is 1. The number of hydrogen-bond acceptors (Lipinski definition) is 8. The van der Waals surface area contributed by atoms with Gasteiger partial charge in [0.1, 0.15) is 28.9 Å². The Balaban J connectivity index is 1.53. The van der Waals surface area contributed by atoms with E-state index in [4.69, 9.17) is 14.2 Å². The summed E-state index contributed by atoms with van der Waals surface area (Å²) in [5.74, 6) is -2.55. The topological polar surface area (TPSA) is 140 Å². The second-order valence-corrected chi connectivity index (χ2v) is 15.3. The Bertz CT molecular complexity index is 1710. The first-order valence-electron chi connectivity index (χ1n) is 16.5. The van der Waals surface area contributed by atoms with Crippen LogP contribution in [-0.2, 0) is 27.2 Å². The van der Waals surface area contributed by atoms with Crippen LogP contribution in [-0.4, -0.2) is 61.4 Å². The van der Waals surface area contributed by atoms with Crippen molar-refractivity contribution in [2.45, 2.75) is 122 Å². The molecule has 5 atom stereocenters. The lowest BCUT2D eigenvalue weighted by Gasteiger charge is -2.56. The number of allylic oxidation sites excluding steroid dienone is 5. The number of ketones is 2. The van der Waals surface area contributed by atoms with Gasteiger partial charge in [0.15, 0.2) is 22.8 Å². The van der Waals surface area contributed by atoms with Crippen LogP contribution >= 0.6 is 0 Å². The molecule has 47 heavy (non-hydrogen) atoms. The molecule has 252 valence electrons. The third kappa shape index (κ3) is 4.83. The van der Waals surface area contributed by atoms with Crippen molar-refractivity contribution < 1.29 is 43.9 Å². The molecule has 1 saturated carbocycles. The van der Waals surface area contributed by atoms with Crippen LogP contribution in [0.1, 0.15) is 103 Å². The van der Waals surface area contributed by atoms with E-state index in [2.05, 4.69) is 19.9 Å². The van der Waals surface area contributed by atoms with Gasteiger partial charge in [-0.2, -0.15) is 0 Å². The van der Waals surface area contributed by atoms with E-state index in [0.29, 0.717) is 29.7 Å². The fraction of sp³-hybridized carbons (Fsp3) is 0.553. The summed E-state index contributed by atoms with van der Waals surface area (Å²) < 4.78 is 20.1. The Kier molecular flexibility index (Phi) is 7.72. The number of carbonyl (C=O) groups is 3. The van der Waals surface area contributed by atoms with E-state index in [-0.39, 0.29) is 46.8 Å². The first-order chi connectivity index (χ1) is 21.9. The maximum atomic E-state index is 14.8. The lowest BCUT2D eigenvalue weighted by atomic mass is 9.51. The average Bonchev–Trinajstić information content (AvgIpc) is 3.49. The molecule has 7 rings (SSSR count). The van der Waals surface area contributed by atoms with E-state index in [1.54, 1.807) is 19.9 Å². The molecular formula is C38H46O9. The maximum Gasteiger partial charge on any atom is 0.330 e. The van der Waals surface area contributed by atoms with E-state index >= 15 is 0 Å². The normalized spacial score (nSPS) is 30.2. The number of Topliss-reactive ketones (excluding diaryl/α,β-unsaturated/α-hetero) is 2. The number of benzene rings is 1. The van der Waals surface area contributed by atoms with Gasteiger partial charge in [-0.05, 0) is 81.1 Å². The highest BCUT2D eigenvalue weighted by molar-refractivity contribution is 6.18. The Morgan fingerprint density at radius 1 is 1.09 bits per heavy atom. The molecule has 3 N–H and O–H groups in total. The summed E-state index contributed by atoms with van der Waals surface area (Å²) in [6, 6.07) is 0. The van der Waals surface area contributed by atoms with E-state index < -0.39 is 52.1 Å². The molecule has 3 aliphatic carbocycles. The number of ether oxygens (including phenoxy) is 3. The Hall–Kier alpha value is -3.69. The van der Waals surface area contributed by atoms with Gasteiger partial charge in [-0.3, -0.25) is 9.59 Å². The molecule has 1 aromatic rings. The van der Waals surface area contributed by atoms with Gasteiger partial charge < -0.3 is 29.5 Å². The van der Waals surface area contributed by atoms with Crippen molar-refractivity contribution in [1.82, 2.24) is 0 Å². The third-order valence-corrected chi connectivity index (χ3v) is 10.9. The largest absolute Gasteiger partial charge is 0.507 e. The van der Waals surface area contributed by atoms with Crippen molar-refractivity contribution in [3.63, 3.8) is 0 Å². The fourth-order valence-electron chi connectivity index (χ4n) is 8.38. The smallest absolute Gasteiger partial charge is 0.330 e. The highest BCUT2D eigenvalue weighted by Gasteiger charge is 2.81. The number of fused-ring (bicyclic) bond motifs is 3. The predicted octanol–water partition coefficient (Wildman–Crippen LogP) is 6.13. The van der Waals surface area contributed by atoms with Crippen molar-refractivity contribution in [2.75, 3.05) is 0 Å². The van der Waals surface area contributed by atoms with Crippen molar-refractivity contribution in [1.29, 1.82) is 0 Å². The van der Waals surface area contributed by atoms with Gasteiger partial charge in [0.25, 0.3) is 0 Å². The number of hydrogen-bond donors (Lipinski definition) is 3. The minimum Gasteiger partial charge on any atom is -0.507 e. The highest BCUT2D eigenvalue weighted by Crippen LogP contribution is 2.68. The zero-order valence-electron chi connectivity index (χ0n) is 28.6. The second-order valence-electron chi connectivity index (χ2n) is 15.3. The molecule has 1 aromatic carbocycles. The lowest BCUT2D eigenvalue weighted by Crippen LogP contribution is -2.72. The lowest BCUT2D eigenvalue weighted by molar-refractivity contribution is -0.171. The molecule has 1 spiro atoms. The van der Waals surface area contributed by atoms with E-state index in [9.17, 15) is 29.7 Å². The van der Waals surface area contributed by atoms with Crippen LogP contribution in [0.5, 0.6) is 17.2 Å². The Morgan fingerprint density at radius 3 is 2.43 bits per heavy atom. The van der Waals surface area contributed by atoms with Gasteiger partial charge in [-0.1, -0.05) is 35.5 Å². The zero-order valence-corrected chi connectivity index (χ0v) is 28.6. The molecule has 1 saturated heterocycles. The molecule has 2 fully saturated rings. The summed E-state index contributed by atoms with van der Waals surface area (Å²) in [7, 11) is 0. The minimum absolute atomic E-state index is 0.0239. The van der Waals surface area contributed by atoms with Crippen molar-refractivity contribution in [3.8, 4) is 17.2 Å². The molecule has 0 aromatic heterocycles. The van der Waals surface area contributed by atoms with Gasteiger partial charge in [0, 0.05) is 47.0 Å². The van der Waals surface area contributed by atoms with Crippen LogP contribution in [0, 0.1) is 11.8 Å². The first kappa shape index (κ1) is 33.2. The van der Waals surface area contributed by atoms with Crippen molar-refractivity contribution >= 4 is 17.5 Å². The number of carboxylic acids is 1. The highest BCUT2D eigenvalue weighted by atomic mass is 16.6. The van der Waals surface area contributed by atoms with Gasteiger partial charge in [0.05, 0.1) is 11.2 Å². The van der Waals surface area contributed by atoms with E-state index in [0.717, 1.165) is 18.4 Å². The van der Waals surface area contributed by atoms with Gasteiger partial charge in [-0.15, -0.1) is 0 Å². The zero-order chi connectivity index (χ0) is 34.4. The number of phenolic OH excluding ortho intramolecular Hbond substituents is 1. The summed E-state index contributed by atoms with van der Waals surface area (Å²) in [5, 5.41) is 32.5. The molecule has 3 heterocycles. The standard InChI is InChI=1S/C38H46O9/c1-19(2)10-9-11-20(3)12-13-23-29(39)28-30(40)25-16-22-17-26-36(7,8)47-37(33(22)41,15-14-21(4)34(42)43)38(25,26)46-32(28)24-18-27(35(5,6)44)45-31(23)24/h10,12,14,16,22,26-27,39,44H,9,11,13,15,17-18H2,1-8H3,(H,42,43)/t22-,26+,27-,37+,38-/m1/s1. The number of carboxylic acid groups (broad SMARTS) is 1.